The van der Waals surface area contributed by atoms with Gasteiger partial charge in [0.05, 0.1) is 25.0 Å². The summed E-state index contributed by atoms with van der Waals surface area (Å²) in [6, 6.07) is 0. The summed E-state index contributed by atoms with van der Waals surface area (Å²) in [4.78, 5) is 10.6. The van der Waals surface area contributed by atoms with Gasteiger partial charge in [-0.1, -0.05) is 31.0 Å². The van der Waals surface area contributed by atoms with E-state index >= 15 is 0 Å². The van der Waals surface area contributed by atoms with Gasteiger partial charge in [0.25, 0.3) is 0 Å². The van der Waals surface area contributed by atoms with Crippen molar-refractivity contribution in [2.75, 3.05) is 18.1 Å². The summed E-state index contributed by atoms with van der Waals surface area (Å²) in [5.41, 5.74) is 5.74. The van der Waals surface area contributed by atoms with Crippen molar-refractivity contribution in [3.8, 4) is 0 Å². The highest BCUT2D eigenvalue weighted by atomic mass is 32.2. The van der Waals surface area contributed by atoms with Crippen molar-refractivity contribution in [3.63, 3.8) is 0 Å². The predicted molar refractivity (Wildman–Crippen MR) is 75.6 cm³/mol. The number of carboxylic acids is 1. The normalized spacial score (nSPS) is 16.4. The first-order chi connectivity index (χ1) is 9.66. The Balaban J connectivity index is 1.81. The topological polar surface area (TPSA) is 103 Å². The number of thioether (sulfide) groups is 1. The Morgan fingerprint density at radius 2 is 2.15 bits per heavy atom. The Hall–Kier alpha value is -1.28. The van der Waals surface area contributed by atoms with Gasteiger partial charge in [-0.2, -0.15) is 0 Å². The van der Waals surface area contributed by atoms with E-state index in [4.69, 9.17) is 15.6 Å². The quantitative estimate of drug-likeness (QED) is 0.733. The number of carboxylic acid groups (broad SMARTS) is 1. The third-order valence-corrected chi connectivity index (χ3v) is 4.24. The predicted octanol–water partition coefficient (Wildman–Crippen LogP) is 1.39. The SMILES string of the molecule is Nc1nnc(SCC(=O)O)n1CCOC1CCCCC1. The van der Waals surface area contributed by atoms with Crippen molar-refractivity contribution in [1.82, 2.24) is 14.8 Å². The van der Waals surface area contributed by atoms with E-state index in [-0.39, 0.29) is 5.75 Å². The average Bonchev–Trinajstić information content (AvgIpc) is 2.79. The summed E-state index contributed by atoms with van der Waals surface area (Å²) in [6.07, 6.45) is 6.36. The maximum atomic E-state index is 10.6. The zero-order valence-corrected chi connectivity index (χ0v) is 12.1. The van der Waals surface area contributed by atoms with Gasteiger partial charge in [0.1, 0.15) is 0 Å². The molecule has 0 unspecified atom stereocenters. The highest BCUT2D eigenvalue weighted by Gasteiger charge is 2.15. The van der Waals surface area contributed by atoms with Gasteiger partial charge < -0.3 is 15.6 Å². The molecule has 0 radical (unpaired) electrons. The van der Waals surface area contributed by atoms with Crippen molar-refractivity contribution in [2.24, 2.45) is 0 Å². The summed E-state index contributed by atoms with van der Waals surface area (Å²) in [5.74, 6) is -0.645. The second-order valence-electron chi connectivity index (χ2n) is 4.81. The lowest BCUT2D eigenvalue weighted by molar-refractivity contribution is -0.133. The van der Waals surface area contributed by atoms with E-state index in [1.54, 1.807) is 4.57 Å². The first-order valence-electron chi connectivity index (χ1n) is 6.81. The van der Waals surface area contributed by atoms with Gasteiger partial charge >= 0.3 is 5.97 Å². The molecule has 1 aliphatic rings. The van der Waals surface area contributed by atoms with Gasteiger partial charge in [-0.15, -0.1) is 10.2 Å². The summed E-state index contributed by atoms with van der Waals surface area (Å²) < 4.78 is 7.54. The highest BCUT2D eigenvalue weighted by molar-refractivity contribution is 7.99. The average molecular weight is 300 g/mol. The van der Waals surface area contributed by atoms with Crippen LogP contribution in [0.25, 0.3) is 0 Å². The third kappa shape index (κ3) is 4.38. The number of aromatic nitrogens is 3. The molecule has 0 amide bonds. The molecule has 1 fully saturated rings. The molecule has 1 aliphatic carbocycles. The van der Waals surface area contributed by atoms with E-state index in [9.17, 15) is 4.79 Å². The Kier molecular flexibility index (Phi) is 5.66. The summed E-state index contributed by atoms with van der Waals surface area (Å²) in [6.45, 7) is 1.10. The molecule has 1 heterocycles. The standard InChI is InChI=1S/C12H20N4O3S/c13-11-14-15-12(20-8-10(17)18)16(11)6-7-19-9-4-2-1-3-5-9/h9H,1-8H2,(H2,13,14)(H,17,18). The molecule has 0 aromatic carbocycles. The fourth-order valence-electron chi connectivity index (χ4n) is 2.29. The molecule has 1 saturated carbocycles. The van der Waals surface area contributed by atoms with Crippen LogP contribution in [0.1, 0.15) is 32.1 Å². The Bertz CT molecular complexity index is 446. The van der Waals surface area contributed by atoms with Crippen molar-refractivity contribution in [3.05, 3.63) is 0 Å². The first kappa shape index (κ1) is 15.1. The van der Waals surface area contributed by atoms with Crippen molar-refractivity contribution >= 4 is 23.7 Å². The maximum absolute atomic E-state index is 10.6. The van der Waals surface area contributed by atoms with Gasteiger partial charge in [-0.25, -0.2) is 0 Å². The number of hydrogen-bond donors (Lipinski definition) is 2. The first-order valence-corrected chi connectivity index (χ1v) is 7.80. The van der Waals surface area contributed by atoms with Gasteiger partial charge in [0, 0.05) is 0 Å². The number of anilines is 1. The van der Waals surface area contributed by atoms with Crippen LogP contribution in [0.15, 0.2) is 5.16 Å². The van der Waals surface area contributed by atoms with E-state index in [1.807, 2.05) is 0 Å². The maximum Gasteiger partial charge on any atom is 0.313 e. The zero-order chi connectivity index (χ0) is 14.4. The molecule has 0 spiro atoms. The van der Waals surface area contributed by atoms with Crippen molar-refractivity contribution in [2.45, 2.75) is 49.9 Å². The van der Waals surface area contributed by atoms with Crippen molar-refractivity contribution in [1.29, 1.82) is 0 Å². The van der Waals surface area contributed by atoms with Gasteiger partial charge in [0.2, 0.25) is 5.95 Å². The van der Waals surface area contributed by atoms with Crippen LogP contribution in [0, 0.1) is 0 Å². The molecule has 0 aliphatic heterocycles. The molecular weight excluding hydrogens is 280 g/mol. The van der Waals surface area contributed by atoms with Crippen LogP contribution in [0.2, 0.25) is 0 Å². The summed E-state index contributed by atoms with van der Waals surface area (Å²) >= 11 is 1.12. The fourth-order valence-corrected chi connectivity index (χ4v) is 2.98. The Morgan fingerprint density at radius 3 is 2.85 bits per heavy atom. The molecule has 2 rings (SSSR count). The smallest absolute Gasteiger partial charge is 0.313 e. The Morgan fingerprint density at radius 1 is 1.40 bits per heavy atom. The molecule has 0 bridgehead atoms. The van der Waals surface area contributed by atoms with E-state index in [2.05, 4.69) is 10.2 Å². The minimum absolute atomic E-state index is 0.0540. The van der Waals surface area contributed by atoms with Crippen LogP contribution in [-0.2, 0) is 16.1 Å². The molecule has 112 valence electrons. The number of nitrogens with two attached hydrogens (primary N) is 1. The highest BCUT2D eigenvalue weighted by Crippen LogP contribution is 2.21. The summed E-state index contributed by atoms with van der Waals surface area (Å²) in [5, 5.41) is 16.9. The number of hydrogen-bond acceptors (Lipinski definition) is 6. The third-order valence-electron chi connectivity index (χ3n) is 3.29. The minimum atomic E-state index is -0.887. The molecular formula is C12H20N4O3S. The van der Waals surface area contributed by atoms with Crippen LogP contribution in [0.4, 0.5) is 5.95 Å². The molecule has 1 aromatic rings. The molecule has 8 heteroatoms. The Labute approximate surface area is 121 Å². The molecule has 0 saturated heterocycles. The molecule has 0 atom stereocenters. The number of ether oxygens (including phenoxy) is 1. The molecule has 20 heavy (non-hydrogen) atoms. The monoisotopic (exact) mass is 300 g/mol. The van der Waals surface area contributed by atoms with E-state index < -0.39 is 5.97 Å². The van der Waals surface area contributed by atoms with E-state index in [0.29, 0.717) is 30.4 Å². The van der Waals surface area contributed by atoms with E-state index in [1.165, 1.54) is 19.3 Å². The van der Waals surface area contributed by atoms with Crippen LogP contribution in [-0.4, -0.2) is 44.3 Å². The molecule has 7 nitrogen and oxygen atoms in total. The van der Waals surface area contributed by atoms with Crippen molar-refractivity contribution < 1.29 is 14.6 Å². The van der Waals surface area contributed by atoms with Gasteiger partial charge in [0.15, 0.2) is 5.16 Å². The number of rotatable bonds is 7. The van der Waals surface area contributed by atoms with Gasteiger partial charge in [-0.05, 0) is 12.8 Å². The number of nitrogens with zero attached hydrogens (tertiary/aromatic N) is 3. The minimum Gasteiger partial charge on any atom is -0.481 e. The lowest BCUT2D eigenvalue weighted by Gasteiger charge is -2.22. The number of carbonyl (C=O) groups is 1. The molecule has 3 N–H and O–H groups in total. The second kappa shape index (κ2) is 7.49. The molecule has 1 aromatic heterocycles. The van der Waals surface area contributed by atoms with Gasteiger partial charge in [-0.3, -0.25) is 9.36 Å². The lowest BCUT2D eigenvalue weighted by atomic mass is 9.98. The van der Waals surface area contributed by atoms with Crippen LogP contribution >= 0.6 is 11.8 Å². The lowest BCUT2D eigenvalue weighted by Crippen LogP contribution is -2.20. The largest absolute Gasteiger partial charge is 0.481 e. The van der Waals surface area contributed by atoms with Crippen LogP contribution in [0.5, 0.6) is 0 Å². The van der Waals surface area contributed by atoms with Crippen LogP contribution < -0.4 is 5.73 Å². The number of aliphatic carboxylic acids is 1. The summed E-state index contributed by atoms with van der Waals surface area (Å²) in [7, 11) is 0. The fraction of sp³-hybridized carbons (Fsp3) is 0.750. The second-order valence-corrected chi connectivity index (χ2v) is 5.75. The van der Waals surface area contributed by atoms with E-state index in [0.717, 1.165) is 24.6 Å². The van der Waals surface area contributed by atoms with Crippen LogP contribution in [0.3, 0.4) is 0 Å². The number of nitrogen functional groups attached to an aromatic ring is 1. The zero-order valence-electron chi connectivity index (χ0n) is 11.3.